The van der Waals surface area contributed by atoms with Gasteiger partial charge in [-0.1, -0.05) is 23.4 Å². The molecule has 6 rings (SSSR count). The third-order valence-corrected chi connectivity index (χ3v) is 8.64. The lowest BCUT2D eigenvalue weighted by Gasteiger charge is -2.27. The van der Waals surface area contributed by atoms with Crippen LogP contribution >= 0.6 is 0 Å². The van der Waals surface area contributed by atoms with Crippen LogP contribution in [0.3, 0.4) is 0 Å². The van der Waals surface area contributed by atoms with E-state index in [2.05, 4.69) is 21.1 Å². The summed E-state index contributed by atoms with van der Waals surface area (Å²) in [5.74, 6) is 0.749. The van der Waals surface area contributed by atoms with E-state index in [1.54, 1.807) is 19.9 Å². The number of carbonyl (C=O) groups is 1. The Morgan fingerprint density at radius 3 is 2.70 bits per heavy atom. The fourth-order valence-corrected chi connectivity index (χ4v) is 6.53. The number of rotatable bonds is 9. The van der Waals surface area contributed by atoms with Crippen molar-refractivity contribution in [3.05, 3.63) is 53.1 Å². The van der Waals surface area contributed by atoms with Crippen LogP contribution in [-0.2, 0) is 21.4 Å². The Hall–Kier alpha value is -3.33. The molecule has 0 amide bonds. The first kappa shape index (κ1) is 26.9. The topological polar surface area (TPSA) is 77.7 Å². The number of esters is 1. The number of hydrogen-bond acceptors (Lipinski definition) is 7. The molecule has 0 bridgehead atoms. The van der Waals surface area contributed by atoms with Crippen molar-refractivity contribution in [2.24, 2.45) is 5.41 Å². The lowest BCUT2D eigenvalue weighted by molar-refractivity contribution is -0.150. The predicted molar refractivity (Wildman–Crippen MR) is 145 cm³/mol. The van der Waals surface area contributed by atoms with Crippen LogP contribution in [0.1, 0.15) is 69.6 Å². The molecular weight excluding hydrogens is 516 g/mol. The van der Waals surface area contributed by atoms with Crippen LogP contribution in [0.4, 0.5) is 8.78 Å². The zero-order chi connectivity index (χ0) is 28.1. The van der Waals surface area contributed by atoms with Crippen LogP contribution in [-0.4, -0.2) is 53.4 Å². The van der Waals surface area contributed by atoms with Gasteiger partial charge in [-0.3, -0.25) is 4.79 Å². The summed E-state index contributed by atoms with van der Waals surface area (Å²) in [6.07, 6.45) is 1.88. The monoisotopic (exact) mass is 551 g/mol. The lowest BCUT2D eigenvalue weighted by Crippen LogP contribution is -2.36. The molecule has 3 aromatic rings. The van der Waals surface area contributed by atoms with Crippen molar-refractivity contribution < 1.29 is 27.6 Å². The smallest absolute Gasteiger partial charge is 0.313 e. The quantitative estimate of drug-likeness (QED) is 0.286. The van der Waals surface area contributed by atoms with Gasteiger partial charge >= 0.3 is 5.97 Å². The SMILES string of the molecule is CCOC(=O)C1(CN2CCC3(CCc4c(-c5noc(-c6ccc(OC(C)C)c(C(F)F)c6)n5)cccc43)C2)CC1. The number of nitrogens with zero attached hydrogens (tertiary/aromatic N) is 3. The molecule has 1 saturated carbocycles. The van der Waals surface area contributed by atoms with E-state index in [9.17, 15) is 13.6 Å². The largest absolute Gasteiger partial charge is 0.491 e. The molecule has 212 valence electrons. The third kappa shape index (κ3) is 4.78. The number of hydrogen-bond donors (Lipinski definition) is 0. The number of ether oxygens (including phenoxy) is 2. The van der Waals surface area contributed by atoms with Gasteiger partial charge in [-0.2, -0.15) is 4.98 Å². The van der Waals surface area contributed by atoms with E-state index in [1.165, 1.54) is 23.3 Å². The van der Waals surface area contributed by atoms with E-state index in [0.717, 1.165) is 57.3 Å². The van der Waals surface area contributed by atoms with E-state index in [4.69, 9.17) is 14.0 Å². The first-order valence-electron chi connectivity index (χ1n) is 14.2. The third-order valence-electron chi connectivity index (χ3n) is 8.64. The highest BCUT2D eigenvalue weighted by Crippen LogP contribution is 2.52. The van der Waals surface area contributed by atoms with E-state index in [0.29, 0.717) is 18.0 Å². The molecule has 1 aromatic heterocycles. The second-order valence-electron chi connectivity index (χ2n) is 11.7. The molecule has 1 aliphatic heterocycles. The van der Waals surface area contributed by atoms with Crippen molar-refractivity contribution in [1.29, 1.82) is 0 Å². The first-order valence-corrected chi connectivity index (χ1v) is 14.2. The summed E-state index contributed by atoms with van der Waals surface area (Å²) >= 11 is 0. The molecule has 1 unspecified atom stereocenters. The molecule has 2 aliphatic carbocycles. The summed E-state index contributed by atoms with van der Waals surface area (Å²) in [6, 6.07) is 10.8. The Morgan fingerprint density at radius 1 is 1.15 bits per heavy atom. The molecule has 0 N–H and O–H groups in total. The molecule has 2 heterocycles. The van der Waals surface area contributed by atoms with Crippen LogP contribution in [0, 0.1) is 5.41 Å². The number of likely N-dealkylation sites (tertiary alicyclic amines) is 1. The Labute approximate surface area is 232 Å². The Bertz CT molecular complexity index is 1420. The van der Waals surface area contributed by atoms with Crippen molar-refractivity contribution in [3.63, 3.8) is 0 Å². The zero-order valence-electron chi connectivity index (χ0n) is 23.2. The summed E-state index contributed by atoms with van der Waals surface area (Å²) in [7, 11) is 0. The predicted octanol–water partition coefficient (Wildman–Crippen LogP) is 6.36. The molecule has 1 spiro atoms. The second kappa shape index (κ2) is 10.3. The molecule has 9 heteroatoms. The minimum Gasteiger partial charge on any atom is -0.491 e. The molecule has 2 fully saturated rings. The number of benzene rings is 2. The fraction of sp³-hybridized carbons (Fsp3) is 0.516. The second-order valence-corrected chi connectivity index (χ2v) is 11.7. The van der Waals surface area contributed by atoms with Crippen molar-refractivity contribution in [3.8, 4) is 28.6 Å². The van der Waals surface area contributed by atoms with E-state index in [1.807, 2.05) is 19.1 Å². The van der Waals surface area contributed by atoms with Crippen LogP contribution in [0.25, 0.3) is 22.8 Å². The summed E-state index contributed by atoms with van der Waals surface area (Å²) in [6.45, 7) is 8.52. The van der Waals surface area contributed by atoms with Crippen LogP contribution in [0.15, 0.2) is 40.9 Å². The van der Waals surface area contributed by atoms with Gasteiger partial charge in [0.25, 0.3) is 12.3 Å². The maximum absolute atomic E-state index is 13.8. The number of halogens is 2. The molecule has 1 atom stereocenters. The van der Waals surface area contributed by atoms with Gasteiger partial charge in [-0.15, -0.1) is 0 Å². The highest BCUT2D eigenvalue weighted by Gasteiger charge is 2.54. The van der Waals surface area contributed by atoms with Gasteiger partial charge in [0.05, 0.1) is 23.7 Å². The maximum Gasteiger partial charge on any atom is 0.313 e. The van der Waals surface area contributed by atoms with Gasteiger partial charge in [0.1, 0.15) is 5.75 Å². The average molecular weight is 552 g/mol. The minimum atomic E-state index is -2.69. The summed E-state index contributed by atoms with van der Waals surface area (Å²) in [5.41, 5.74) is 3.40. The van der Waals surface area contributed by atoms with Crippen molar-refractivity contribution in [1.82, 2.24) is 15.0 Å². The van der Waals surface area contributed by atoms with Gasteiger partial charge in [0, 0.05) is 29.6 Å². The Morgan fingerprint density at radius 2 is 1.98 bits per heavy atom. The van der Waals surface area contributed by atoms with Crippen molar-refractivity contribution in [2.45, 2.75) is 70.8 Å². The van der Waals surface area contributed by atoms with Gasteiger partial charge < -0.3 is 18.9 Å². The normalized spacial score (nSPS) is 21.4. The molecule has 40 heavy (non-hydrogen) atoms. The molecule has 7 nitrogen and oxygen atoms in total. The number of carbonyl (C=O) groups excluding carboxylic acids is 1. The molecule has 2 aromatic carbocycles. The van der Waals surface area contributed by atoms with Crippen molar-refractivity contribution in [2.75, 3.05) is 26.2 Å². The standard InChI is InChI=1S/C31H35F2N3O4/c1-4-38-29(37)31(12-13-31)18-36-15-14-30(17-36)11-10-21-22(6-5-7-24(21)30)27-34-28(40-35-27)20-8-9-25(39-19(2)3)23(16-20)26(32)33/h5-9,16,19,26H,4,10-15,17-18H2,1-3H3. The van der Waals surface area contributed by atoms with E-state index >= 15 is 0 Å². The highest BCUT2D eigenvalue weighted by molar-refractivity contribution is 5.80. The fourth-order valence-electron chi connectivity index (χ4n) is 6.53. The summed E-state index contributed by atoms with van der Waals surface area (Å²) < 4.78 is 44.0. The number of fused-ring (bicyclic) bond motifs is 2. The molecule has 3 aliphatic rings. The van der Waals surface area contributed by atoms with Gasteiger partial charge in [0.15, 0.2) is 0 Å². The minimum absolute atomic E-state index is 0.0427. The van der Waals surface area contributed by atoms with E-state index < -0.39 is 6.43 Å². The Balaban J connectivity index is 1.23. The highest BCUT2D eigenvalue weighted by atomic mass is 19.3. The molecule has 1 saturated heterocycles. The van der Waals surface area contributed by atoms with E-state index in [-0.39, 0.29) is 40.1 Å². The van der Waals surface area contributed by atoms with Crippen LogP contribution < -0.4 is 4.74 Å². The van der Waals surface area contributed by atoms with Gasteiger partial charge in [-0.25, -0.2) is 8.78 Å². The van der Waals surface area contributed by atoms with Crippen LogP contribution in [0.2, 0.25) is 0 Å². The average Bonchev–Trinajstić information content (AvgIpc) is 3.25. The number of alkyl halides is 2. The number of aromatic nitrogens is 2. The summed E-state index contributed by atoms with van der Waals surface area (Å²) in [4.78, 5) is 19.6. The van der Waals surface area contributed by atoms with Gasteiger partial charge in [-0.05, 0) is 88.7 Å². The van der Waals surface area contributed by atoms with Crippen LogP contribution in [0.5, 0.6) is 5.75 Å². The summed E-state index contributed by atoms with van der Waals surface area (Å²) in [5, 5.41) is 4.24. The molecular formula is C31H35F2N3O4. The zero-order valence-corrected chi connectivity index (χ0v) is 23.2. The molecule has 0 radical (unpaired) electrons. The van der Waals surface area contributed by atoms with Gasteiger partial charge in [0.2, 0.25) is 5.82 Å². The van der Waals surface area contributed by atoms with Crippen molar-refractivity contribution >= 4 is 5.97 Å². The lowest BCUT2D eigenvalue weighted by atomic mass is 9.81. The Kier molecular flexibility index (Phi) is 6.89. The first-order chi connectivity index (χ1) is 19.2. The maximum atomic E-state index is 13.8.